The SMILES string of the molecule is C[C@@H](C(=O)N(C)c1ccccc1)N(C)Cc1ccc2ccccc2c1. The lowest BCUT2D eigenvalue weighted by molar-refractivity contribution is -0.122. The van der Waals surface area contributed by atoms with Crippen LogP contribution >= 0.6 is 0 Å². The summed E-state index contributed by atoms with van der Waals surface area (Å²) in [6, 6.07) is 24.4. The molecule has 0 spiro atoms. The van der Waals surface area contributed by atoms with E-state index < -0.39 is 0 Å². The Morgan fingerprint density at radius 3 is 2.24 bits per heavy atom. The fourth-order valence-electron chi connectivity index (χ4n) is 3.01. The molecule has 0 radical (unpaired) electrons. The first kappa shape index (κ1) is 17.2. The zero-order chi connectivity index (χ0) is 17.8. The Kier molecular flexibility index (Phi) is 5.15. The molecule has 0 aliphatic heterocycles. The van der Waals surface area contributed by atoms with Gasteiger partial charge in [0.25, 0.3) is 0 Å². The fourth-order valence-corrected chi connectivity index (χ4v) is 3.01. The van der Waals surface area contributed by atoms with Crippen molar-refractivity contribution in [1.29, 1.82) is 0 Å². The van der Waals surface area contributed by atoms with Gasteiger partial charge in [0.1, 0.15) is 0 Å². The van der Waals surface area contributed by atoms with Gasteiger partial charge in [0, 0.05) is 19.3 Å². The van der Waals surface area contributed by atoms with Gasteiger partial charge in [0.2, 0.25) is 5.91 Å². The molecule has 0 aliphatic rings. The normalized spacial score (nSPS) is 12.3. The Morgan fingerprint density at radius 2 is 1.52 bits per heavy atom. The maximum atomic E-state index is 12.8. The summed E-state index contributed by atoms with van der Waals surface area (Å²) in [5.41, 5.74) is 2.13. The van der Waals surface area contributed by atoms with Gasteiger partial charge in [-0.15, -0.1) is 0 Å². The number of benzene rings is 3. The molecule has 0 fully saturated rings. The molecule has 3 aromatic rings. The lowest BCUT2D eigenvalue weighted by Crippen LogP contribution is -2.43. The van der Waals surface area contributed by atoms with Crippen LogP contribution in [0.15, 0.2) is 72.8 Å². The van der Waals surface area contributed by atoms with Crippen LogP contribution in [0, 0.1) is 0 Å². The highest BCUT2D eigenvalue weighted by atomic mass is 16.2. The molecule has 0 aliphatic carbocycles. The molecule has 0 aromatic heterocycles. The van der Waals surface area contributed by atoms with E-state index in [-0.39, 0.29) is 11.9 Å². The summed E-state index contributed by atoms with van der Waals surface area (Å²) in [6.45, 7) is 2.70. The van der Waals surface area contributed by atoms with E-state index in [0.29, 0.717) is 0 Å². The number of carbonyl (C=O) groups excluding carboxylic acids is 1. The molecule has 3 heteroatoms. The molecule has 0 saturated heterocycles. The number of hydrogen-bond acceptors (Lipinski definition) is 2. The summed E-state index contributed by atoms with van der Waals surface area (Å²) in [6.07, 6.45) is 0. The van der Waals surface area contributed by atoms with Gasteiger partial charge in [-0.1, -0.05) is 54.6 Å². The summed E-state index contributed by atoms with van der Waals surface area (Å²) >= 11 is 0. The zero-order valence-corrected chi connectivity index (χ0v) is 15.0. The van der Waals surface area contributed by atoms with Crippen LogP contribution in [0.1, 0.15) is 12.5 Å². The molecule has 0 bridgehead atoms. The smallest absolute Gasteiger partial charge is 0.243 e. The molecule has 3 rings (SSSR count). The van der Waals surface area contributed by atoms with Crippen molar-refractivity contribution in [2.45, 2.75) is 19.5 Å². The standard InChI is InChI=1S/C22H24N2O/c1-17(22(25)24(3)21-11-5-4-6-12-21)23(2)16-18-13-14-19-9-7-8-10-20(19)15-18/h4-15,17H,16H2,1-3H3/t17-/m0/s1. The van der Waals surface area contributed by atoms with Crippen molar-refractivity contribution in [3.8, 4) is 0 Å². The van der Waals surface area contributed by atoms with Crippen LogP contribution in [-0.4, -0.2) is 30.9 Å². The number of fused-ring (bicyclic) bond motifs is 1. The highest BCUT2D eigenvalue weighted by molar-refractivity contribution is 5.96. The number of hydrogen-bond donors (Lipinski definition) is 0. The lowest BCUT2D eigenvalue weighted by atomic mass is 10.1. The van der Waals surface area contributed by atoms with E-state index in [4.69, 9.17) is 0 Å². The minimum Gasteiger partial charge on any atom is -0.314 e. The summed E-state index contributed by atoms with van der Waals surface area (Å²) in [7, 11) is 3.83. The Labute approximate surface area is 149 Å². The molecule has 0 saturated carbocycles. The number of carbonyl (C=O) groups is 1. The van der Waals surface area contributed by atoms with Crippen molar-refractivity contribution in [1.82, 2.24) is 4.90 Å². The molecule has 128 valence electrons. The molecular weight excluding hydrogens is 308 g/mol. The third-order valence-corrected chi connectivity index (χ3v) is 4.74. The first-order valence-corrected chi connectivity index (χ1v) is 8.57. The molecule has 1 atom stereocenters. The molecule has 0 unspecified atom stereocenters. The average Bonchev–Trinajstić information content (AvgIpc) is 2.66. The lowest BCUT2D eigenvalue weighted by Gasteiger charge is -2.28. The molecule has 0 heterocycles. The Morgan fingerprint density at radius 1 is 0.880 bits per heavy atom. The first-order chi connectivity index (χ1) is 12.1. The van der Waals surface area contributed by atoms with E-state index in [9.17, 15) is 4.79 Å². The number of likely N-dealkylation sites (N-methyl/N-ethyl adjacent to an activating group) is 2. The van der Waals surface area contributed by atoms with Crippen molar-refractivity contribution in [3.05, 3.63) is 78.4 Å². The second-order valence-electron chi connectivity index (χ2n) is 6.51. The quantitative estimate of drug-likeness (QED) is 0.694. The molecule has 0 N–H and O–H groups in total. The first-order valence-electron chi connectivity index (χ1n) is 8.57. The van der Waals surface area contributed by atoms with Gasteiger partial charge in [-0.3, -0.25) is 9.69 Å². The van der Waals surface area contributed by atoms with Crippen LogP contribution in [0.5, 0.6) is 0 Å². The second kappa shape index (κ2) is 7.49. The Hall–Kier alpha value is -2.65. The summed E-state index contributed by atoms with van der Waals surface area (Å²) in [5, 5.41) is 2.47. The zero-order valence-electron chi connectivity index (χ0n) is 15.0. The van der Waals surface area contributed by atoms with Crippen molar-refractivity contribution < 1.29 is 4.79 Å². The van der Waals surface area contributed by atoms with Gasteiger partial charge in [0.15, 0.2) is 0 Å². The summed E-state index contributed by atoms with van der Waals surface area (Å²) in [5.74, 6) is 0.0921. The molecule has 3 aromatic carbocycles. The van der Waals surface area contributed by atoms with Gasteiger partial charge in [-0.05, 0) is 48.5 Å². The van der Waals surface area contributed by atoms with E-state index in [1.807, 2.05) is 57.4 Å². The Bertz CT molecular complexity index is 860. The van der Waals surface area contributed by atoms with Gasteiger partial charge in [0.05, 0.1) is 6.04 Å². The number of para-hydroxylation sites is 1. The van der Waals surface area contributed by atoms with E-state index in [1.165, 1.54) is 16.3 Å². The second-order valence-corrected chi connectivity index (χ2v) is 6.51. The van der Waals surface area contributed by atoms with Gasteiger partial charge < -0.3 is 4.90 Å². The van der Waals surface area contributed by atoms with Crippen LogP contribution in [0.4, 0.5) is 5.69 Å². The van der Waals surface area contributed by atoms with Crippen LogP contribution in [-0.2, 0) is 11.3 Å². The van der Waals surface area contributed by atoms with E-state index >= 15 is 0 Å². The third-order valence-electron chi connectivity index (χ3n) is 4.74. The maximum Gasteiger partial charge on any atom is 0.243 e. The average molecular weight is 332 g/mol. The van der Waals surface area contributed by atoms with E-state index in [2.05, 4.69) is 41.3 Å². The van der Waals surface area contributed by atoms with Crippen molar-refractivity contribution in [3.63, 3.8) is 0 Å². The van der Waals surface area contributed by atoms with Gasteiger partial charge in [-0.2, -0.15) is 0 Å². The largest absolute Gasteiger partial charge is 0.314 e. The fraction of sp³-hybridized carbons (Fsp3) is 0.227. The summed E-state index contributed by atoms with van der Waals surface area (Å²) in [4.78, 5) is 16.6. The molecule has 3 nitrogen and oxygen atoms in total. The van der Waals surface area contributed by atoms with Crippen molar-refractivity contribution in [2.75, 3.05) is 19.0 Å². The third kappa shape index (κ3) is 3.89. The topological polar surface area (TPSA) is 23.6 Å². The predicted molar refractivity (Wildman–Crippen MR) is 105 cm³/mol. The van der Waals surface area contributed by atoms with Gasteiger partial charge >= 0.3 is 0 Å². The molecular formula is C22H24N2O. The molecule has 25 heavy (non-hydrogen) atoms. The van der Waals surface area contributed by atoms with Crippen LogP contribution in [0.2, 0.25) is 0 Å². The monoisotopic (exact) mass is 332 g/mol. The maximum absolute atomic E-state index is 12.8. The minimum absolute atomic E-state index is 0.0921. The molecule has 1 amide bonds. The summed E-state index contributed by atoms with van der Waals surface area (Å²) < 4.78 is 0. The number of amides is 1. The van der Waals surface area contributed by atoms with Gasteiger partial charge in [-0.25, -0.2) is 0 Å². The van der Waals surface area contributed by atoms with Crippen LogP contribution < -0.4 is 4.90 Å². The highest BCUT2D eigenvalue weighted by Crippen LogP contribution is 2.18. The Balaban J connectivity index is 1.70. The van der Waals surface area contributed by atoms with Crippen molar-refractivity contribution in [2.24, 2.45) is 0 Å². The number of nitrogens with zero attached hydrogens (tertiary/aromatic N) is 2. The minimum atomic E-state index is -0.198. The van der Waals surface area contributed by atoms with Crippen LogP contribution in [0.25, 0.3) is 10.8 Å². The van der Waals surface area contributed by atoms with Crippen molar-refractivity contribution >= 4 is 22.4 Å². The van der Waals surface area contributed by atoms with E-state index in [0.717, 1.165) is 12.2 Å². The number of anilines is 1. The predicted octanol–water partition coefficient (Wildman–Crippen LogP) is 4.32. The highest BCUT2D eigenvalue weighted by Gasteiger charge is 2.22. The van der Waals surface area contributed by atoms with Crippen LogP contribution in [0.3, 0.4) is 0 Å². The van der Waals surface area contributed by atoms with E-state index in [1.54, 1.807) is 4.90 Å². The number of rotatable bonds is 5.